The van der Waals surface area contributed by atoms with Crippen LogP contribution in [-0.4, -0.2) is 24.7 Å². The molecule has 1 N–H and O–H groups in total. The Kier molecular flexibility index (Phi) is 5.14. The lowest BCUT2D eigenvalue weighted by Crippen LogP contribution is -2.18. The Morgan fingerprint density at radius 1 is 1.56 bits per heavy atom. The van der Waals surface area contributed by atoms with E-state index in [1.165, 1.54) is 31.2 Å². The van der Waals surface area contributed by atoms with Gasteiger partial charge in [-0.2, -0.15) is 0 Å². The molecular weight excluding hydrogens is 224 g/mol. The standard InChI is InChI=1S/C15H24N2O/c1-12-14(8-4-10-17-12)15(16-2)9-3-6-13-7-5-11-18-13/h4,8,10,13,15-16H,3,5-7,9,11H2,1-2H3. The van der Waals surface area contributed by atoms with Gasteiger partial charge in [-0.1, -0.05) is 6.07 Å². The molecule has 0 aliphatic carbocycles. The van der Waals surface area contributed by atoms with E-state index in [-0.39, 0.29) is 0 Å². The number of aryl methyl sites for hydroxylation is 1. The van der Waals surface area contributed by atoms with Gasteiger partial charge in [0.2, 0.25) is 0 Å². The maximum atomic E-state index is 5.67. The van der Waals surface area contributed by atoms with Gasteiger partial charge in [-0.05, 0) is 57.7 Å². The lowest BCUT2D eigenvalue weighted by Gasteiger charge is -2.19. The number of aromatic nitrogens is 1. The fraction of sp³-hybridized carbons (Fsp3) is 0.667. The molecule has 3 nitrogen and oxygen atoms in total. The Balaban J connectivity index is 1.83. The number of hydrogen-bond acceptors (Lipinski definition) is 3. The van der Waals surface area contributed by atoms with Crippen molar-refractivity contribution >= 4 is 0 Å². The number of hydrogen-bond donors (Lipinski definition) is 1. The molecule has 100 valence electrons. The van der Waals surface area contributed by atoms with E-state index < -0.39 is 0 Å². The van der Waals surface area contributed by atoms with Gasteiger partial charge in [-0.15, -0.1) is 0 Å². The topological polar surface area (TPSA) is 34.1 Å². The molecule has 1 saturated heterocycles. The highest BCUT2D eigenvalue weighted by molar-refractivity contribution is 5.22. The molecule has 18 heavy (non-hydrogen) atoms. The number of rotatable bonds is 6. The first-order valence-corrected chi connectivity index (χ1v) is 7.01. The van der Waals surface area contributed by atoms with Crippen LogP contribution in [0.1, 0.15) is 49.4 Å². The number of ether oxygens (including phenoxy) is 1. The third-order valence-electron chi connectivity index (χ3n) is 3.81. The summed E-state index contributed by atoms with van der Waals surface area (Å²) in [6.07, 6.45) is 8.42. The van der Waals surface area contributed by atoms with Crippen molar-refractivity contribution in [1.29, 1.82) is 0 Å². The van der Waals surface area contributed by atoms with E-state index in [0.717, 1.165) is 18.7 Å². The molecule has 0 aromatic carbocycles. The van der Waals surface area contributed by atoms with Crippen LogP contribution in [0.5, 0.6) is 0 Å². The van der Waals surface area contributed by atoms with Crippen LogP contribution in [0.4, 0.5) is 0 Å². The molecule has 1 aliphatic heterocycles. The SMILES string of the molecule is CNC(CCCC1CCCO1)c1cccnc1C. The fourth-order valence-electron chi connectivity index (χ4n) is 2.74. The predicted molar refractivity (Wildman–Crippen MR) is 73.6 cm³/mol. The largest absolute Gasteiger partial charge is 0.378 e. The summed E-state index contributed by atoms with van der Waals surface area (Å²) in [4.78, 5) is 4.37. The lowest BCUT2D eigenvalue weighted by atomic mass is 9.98. The summed E-state index contributed by atoms with van der Waals surface area (Å²) >= 11 is 0. The van der Waals surface area contributed by atoms with Gasteiger partial charge in [0.1, 0.15) is 0 Å². The van der Waals surface area contributed by atoms with Crippen LogP contribution in [0, 0.1) is 6.92 Å². The number of nitrogens with one attached hydrogen (secondary N) is 1. The Labute approximate surface area is 110 Å². The smallest absolute Gasteiger partial charge is 0.0576 e. The van der Waals surface area contributed by atoms with E-state index in [4.69, 9.17) is 4.74 Å². The quantitative estimate of drug-likeness (QED) is 0.840. The van der Waals surface area contributed by atoms with Crippen molar-refractivity contribution in [2.24, 2.45) is 0 Å². The first-order chi connectivity index (χ1) is 8.81. The van der Waals surface area contributed by atoms with Gasteiger partial charge < -0.3 is 10.1 Å². The summed E-state index contributed by atoms with van der Waals surface area (Å²) in [6, 6.07) is 4.61. The Morgan fingerprint density at radius 2 is 2.44 bits per heavy atom. The highest BCUT2D eigenvalue weighted by atomic mass is 16.5. The molecule has 1 aliphatic rings. The average molecular weight is 248 g/mol. The fourth-order valence-corrected chi connectivity index (χ4v) is 2.74. The summed E-state index contributed by atoms with van der Waals surface area (Å²) in [7, 11) is 2.03. The van der Waals surface area contributed by atoms with E-state index >= 15 is 0 Å². The molecule has 0 saturated carbocycles. The maximum Gasteiger partial charge on any atom is 0.0576 e. The van der Waals surface area contributed by atoms with Crippen LogP contribution >= 0.6 is 0 Å². The molecule has 1 aromatic heterocycles. The zero-order chi connectivity index (χ0) is 12.8. The van der Waals surface area contributed by atoms with Gasteiger partial charge in [0.15, 0.2) is 0 Å². The van der Waals surface area contributed by atoms with Crippen LogP contribution in [0.2, 0.25) is 0 Å². The Bertz CT molecular complexity index is 361. The third kappa shape index (κ3) is 3.53. The van der Waals surface area contributed by atoms with Crippen LogP contribution < -0.4 is 5.32 Å². The Morgan fingerprint density at radius 3 is 3.11 bits per heavy atom. The molecule has 2 atom stereocenters. The van der Waals surface area contributed by atoms with E-state index in [1.54, 1.807) is 0 Å². The molecule has 1 aromatic rings. The van der Waals surface area contributed by atoms with Gasteiger partial charge in [0.25, 0.3) is 0 Å². The van der Waals surface area contributed by atoms with Gasteiger partial charge >= 0.3 is 0 Å². The number of pyridine rings is 1. The highest BCUT2D eigenvalue weighted by Crippen LogP contribution is 2.24. The second kappa shape index (κ2) is 6.86. The Hall–Kier alpha value is -0.930. The van der Waals surface area contributed by atoms with Gasteiger partial charge in [0.05, 0.1) is 6.10 Å². The third-order valence-corrected chi connectivity index (χ3v) is 3.81. The van der Waals surface area contributed by atoms with E-state index in [9.17, 15) is 0 Å². The van der Waals surface area contributed by atoms with Crippen LogP contribution in [0.15, 0.2) is 18.3 Å². The summed E-state index contributed by atoms with van der Waals surface area (Å²) in [5.74, 6) is 0. The highest BCUT2D eigenvalue weighted by Gasteiger charge is 2.17. The van der Waals surface area contributed by atoms with Gasteiger partial charge in [0, 0.05) is 24.5 Å². The monoisotopic (exact) mass is 248 g/mol. The van der Waals surface area contributed by atoms with E-state index in [0.29, 0.717) is 12.1 Å². The second-order valence-electron chi connectivity index (χ2n) is 5.09. The summed E-state index contributed by atoms with van der Waals surface area (Å²) in [5.41, 5.74) is 2.46. The zero-order valence-electron chi connectivity index (χ0n) is 11.5. The summed E-state index contributed by atoms with van der Waals surface area (Å²) in [5, 5.41) is 3.40. The lowest BCUT2D eigenvalue weighted by molar-refractivity contribution is 0.101. The van der Waals surface area contributed by atoms with Crippen molar-refractivity contribution in [3.63, 3.8) is 0 Å². The normalized spacial score (nSPS) is 21.1. The van der Waals surface area contributed by atoms with Crippen molar-refractivity contribution in [2.45, 2.75) is 51.2 Å². The average Bonchev–Trinajstić information content (AvgIpc) is 2.89. The predicted octanol–water partition coefficient (Wildman–Crippen LogP) is 3.00. The number of nitrogens with zero attached hydrogens (tertiary/aromatic N) is 1. The molecule has 1 fully saturated rings. The van der Waals surface area contributed by atoms with Crippen molar-refractivity contribution in [3.8, 4) is 0 Å². The van der Waals surface area contributed by atoms with Crippen molar-refractivity contribution < 1.29 is 4.74 Å². The minimum atomic E-state index is 0.417. The summed E-state index contributed by atoms with van der Waals surface area (Å²) in [6.45, 7) is 3.04. The molecule has 2 heterocycles. The van der Waals surface area contributed by atoms with Crippen LogP contribution in [-0.2, 0) is 4.74 Å². The maximum absolute atomic E-state index is 5.67. The molecule has 0 amide bonds. The van der Waals surface area contributed by atoms with Gasteiger partial charge in [-0.3, -0.25) is 4.98 Å². The van der Waals surface area contributed by atoms with Crippen molar-refractivity contribution in [3.05, 3.63) is 29.6 Å². The molecule has 2 rings (SSSR count). The van der Waals surface area contributed by atoms with Crippen molar-refractivity contribution in [1.82, 2.24) is 10.3 Å². The van der Waals surface area contributed by atoms with Crippen molar-refractivity contribution in [2.75, 3.05) is 13.7 Å². The molecule has 3 heteroatoms. The van der Waals surface area contributed by atoms with Gasteiger partial charge in [-0.25, -0.2) is 0 Å². The zero-order valence-corrected chi connectivity index (χ0v) is 11.5. The first kappa shape index (κ1) is 13.5. The molecule has 0 spiro atoms. The minimum Gasteiger partial charge on any atom is -0.378 e. The molecule has 2 unspecified atom stereocenters. The summed E-state index contributed by atoms with van der Waals surface area (Å²) < 4.78 is 5.67. The molecule has 0 bridgehead atoms. The van der Waals surface area contributed by atoms with E-state index in [1.807, 2.05) is 19.3 Å². The minimum absolute atomic E-state index is 0.417. The second-order valence-corrected chi connectivity index (χ2v) is 5.09. The van der Waals surface area contributed by atoms with Crippen LogP contribution in [0.25, 0.3) is 0 Å². The first-order valence-electron chi connectivity index (χ1n) is 7.01. The van der Waals surface area contributed by atoms with Crippen LogP contribution in [0.3, 0.4) is 0 Å². The molecular formula is C15H24N2O. The van der Waals surface area contributed by atoms with E-state index in [2.05, 4.69) is 23.3 Å². The molecule has 0 radical (unpaired) electrons.